The fraction of sp³-hybridized carbons (Fsp3) is 0.500. The maximum absolute atomic E-state index is 12.4. The van der Waals surface area contributed by atoms with Crippen molar-refractivity contribution in [1.29, 1.82) is 0 Å². The Bertz CT molecular complexity index is 803. The summed E-state index contributed by atoms with van der Waals surface area (Å²) in [6.07, 6.45) is 4.44. The molecular formula is C18H21N3O3. The highest BCUT2D eigenvalue weighted by Gasteiger charge is 2.44. The molecule has 0 bridgehead atoms. The predicted molar refractivity (Wildman–Crippen MR) is 88.6 cm³/mol. The molecule has 126 valence electrons. The average Bonchev–Trinajstić information content (AvgIpc) is 3.29. The molecule has 0 aliphatic heterocycles. The standard InChI is InChI=1S/C18H21N3O3/c22-15(19-11-18(17(23)24)8-3-9-18)10-21-14-5-2-1-4-13(14)20-16(21)12-6-7-12/h1-2,4-5,12H,3,6-11H2,(H,19,22)(H,23,24). The Kier molecular flexibility index (Phi) is 3.55. The monoisotopic (exact) mass is 327 g/mol. The third-order valence-electron chi connectivity index (χ3n) is 5.32. The normalized spacial score (nSPS) is 19.0. The first-order chi connectivity index (χ1) is 11.6. The third kappa shape index (κ3) is 2.56. The molecule has 2 fully saturated rings. The summed E-state index contributed by atoms with van der Waals surface area (Å²) in [4.78, 5) is 28.5. The van der Waals surface area contributed by atoms with Crippen LogP contribution in [0.3, 0.4) is 0 Å². The van der Waals surface area contributed by atoms with Crippen molar-refractivity contribution in [3.05, 3.63) is 30.1 Å². The van der Waals surface area contributed by atoms with Crippen molar-refractivity contribution in [2.75, 3.05) is 6.54 Å². The minimum Gasteiger partial charge on any atom is -0.481 e. The topological polar surface area (TPSA) is 84.2 Å². The first kappa shape index (κ1) is 15.2. The third-order valence-corrected chi connectivity index (χ3v) is 5.32. The number of fused-ring (bicyclic) bond motifs is 1. The number of hydrogen-bond donors (Lipinski definition) is 2. The zero-order chi connectivity index (χ0) is 16.7. The largest absolute Gasteiger partial charge is 0.481 e. The van der Waals surface area contributed by atoms with Crippen LogP contribution in [0.2, 0.25) is 0 Å². The van der Waals surface area contributed by atoms with Crippen LogP contribution >= 0.6 is 0 Å². The van der Waals surface area contributed by atoms with Crippen molar-refractivity contribution in [2.24, 2.45) is 5.41 Å². The molecule has 0 unspecified atom stereocenters. The van der Waals surface area contributed by atoms with Crippen LogP contribution in [0.4, 0.5) is 0 Å². The number of hydrogen-bond acceptors (Lipinski definition) is 3. The molecule has 6 nitrogen and oxygen atoms in total. The molecule has 0 radical (unpaired) electrons. The summed E-state index contributed by atoms with van der Waals surface area (Å²) >= 11 is 0. The van der Waals surface area contributed by atoms with Gasteiger partial charge in [-0.3, -0.25) is 9.59 Å². The second kappa shape index (κ2) is 5.61. The van der Waals surface area contributed by atoms with E-state index in [0.717, 1.165) is 36.1 Å². The van der Waals surface area contributed by atoms with Gasteiger partial charge in [-0.25, -0.2) is 4.98 Å². The summed E-state index contributed by atoms with van der Waals surface area (Å²) in [7, 11) is 0. The Hall–Kier alpha value is -2.37. The number of aromatic nitrogens is 2. The van der Waals surface area contributed by atoms with Gasteiger partial charge < -0.3 is 15.0 Å². The van der Waals surface area contributed by atoms with E-state index in [-0.39, 0.29) is 19.0 Å². The number of para-hydroxylation sites is 2. The van der Waals surface area contributed by atoms with Crippen LogP contribution in [0.1, 0.15) is 43.8 Å². The van der Waals surface area contributed by atoms with E-state index in [4.69, 9.17) is 0 Å². The average molecular weight is 327 g/mol. The Morgan fingerprint density at radius 3 is 2.67 bits per heavy atom. The lowest BCUT2D eigenvalue weighted by Gasteiger charge is -2.37. The first-order valence-electron chi connectivity index (χ1n) is 8.54. The highest BCUT2D eigenvalue weighted by Crippen LogP contribution is 2.41. The Balaban J connectivity index is 1.50. The van der Waals surface area contributed by atoms with E-state index >= 15 is 0 Å². The number of nitrogens with zero attached hydrogens (tertiary/aromatic N) is 2. The predicted octanol–water partition coefficient (Wildman–Crippen LogP) is 2.28. The van der Waals surface area contributed by atoms with Crippen molar-refractivity contribution in [3.8, 4) is 0 Å². The Labute approximate surface area is 139 Å². The molecule has 0 spiro atoms. The second-order valence-corrected chi connectivity index (χ2v) is 7.03. The number of rotatable bonds is 6. The van der Waals surface area contributed by atoms with Gasteiger partial charge in [0.1, 0.15) is 12.4 Å². The summed E-state index contributed by atoms with van der Waals surface area (Å²) in [6, 6.07) is 7.84. The van der Waals surface area contributed by atoms with E-state index in [0.29, 0.717) is 18.8 Å². The molecule has 0 atom stereocenters. The zero-order valence-corrected chi connectivity index (χ0v) is 13.5. The van der Waals surface area contributed by atoms with Gasteiger partial charge in [-0.15, -0.1) is 0 Å². The fourth-order valence-electron chi connectivity index (χ4n) is 3.45. The number of amides is 1. The minimum atomic E-state index is -0.805. The summed E-state index contributed by atoms with van der Waals surface area (Å²) in [5.41, 5.74) is 1.12. The van der Waals surface area contributed by atoms with Gasteiger partial charge in [0, 0.05) is 12.5 Å². The molecule has 24 heavy (non-hydrogen) atoms. The van der Waals surface area contributed by atoms with Gasteiger partial charge in [0.15, 0.2) is 0 Å². The second-order valence-electron chi connectivity index (χ2n) is 7.03. The molecule has 2 N–H and O–H groups in total. The molecular weight excluding hydrogens is 306 g/mol. The number of aliphatic carboxylic acids is 1. The van der Waals surface area contributed by atoms with Crippen molar-refractivity contribution < 1.29 is 14.7 Å². The smallest absolute Gasteiger partial charge is 0.311 e. The number of carboxylic acids is 1. The van der Waals surface area contributed by atoms with E-state index in [9.17, 15) is 14.7 Å². The van der Waals surface area contributed by atoms with Crippen LogP contribution in [0.25, 0.3) is 11.0 Å². The molecule has 4 rings (SSSR count). The van der Waals surface area contributed by atoms with Gasteiger partial charge in [0.25, 0.3) is 0 Å². The number of carboxylic acid groups (broad SMARTS) is 1. The number of carbonyl (C=O) groups is 2. The lowest BCUT2D eigenvalue weighted by atomic mass is 9.69. The number of nitrogens with one attached hydrogen (secondary N) is 1. The summed E-state index contributed by atoms with van der Waals surface area (Å²) in [5, 5.41) is 12.2. The van der Waals surface area contributed by atoms with Crippen molar-refractivity contribution in [1.82, 2.24) is 14.9 Å². The lowest BCUT2D eigenvalue weighted by Crippen LogP contribution is -2.48. The molecule has 2 aromatic rings. The summed E-state index contributed by atoms with van der Waals surface area (Å²) in [5.74, 6) is 0.471. The fourth-order valence-corrected chi connectivity index (χ4v) is 3.45. The maximum atomic E-state index is 12.4. The van der Waals surface area contributed by atoms with Crippen LogP contribution < -0.4 is 5.32 Å². The Morgan fingerprint density at radius 1 is 1.29 bits per heavy atom. The van der Waals surface area contributed by atoms with Gasteiger partial charge in [0.2, 0.25) is 5.91 Å². The van der Waals surface area contributed by atoms with Crippen LogP contribution in [0.5, 0.6) is 0 Å². The number of benzene rings is 1. The summed E-state index contributed by atoms with van der Waals surface area (Å²) < 4.78 is 1.98. The van der Waals surface area contributed by atoms with Crippen molar-refractivity contribution in [3.63, 3.8) is 0 Å². The van der Waals surface area contributed by atoms with E-state index in [1.807, 2.05) is 28.8 Å². The number of imidazole rings is 1. The van der Waals surface area contributed by atoms with Crippen LogP contribution in [0.15, 0.2) is 24.3 Å². The van der Waals surface area contributed by atoms with Crippen LogP contribution in [-0.4, -0.2) is 33.1 Å². The lowest BCUT2D eigenvalue weighted by molar-refractivity contribution is -0.154. The molecule has 1 aromatic carbocycles. The SMILES string of the molecule is O=C(Cn1c(C2CC2)nc2ccccc21)NCC1(C(=O)O)CCC1. The maximum Gasteiger partial charge on any atom is 0.311 e. The van der Waals surface area contributed by atoms with Crippen molar-refractivity contribution >= 4 is 22.9 Å². The van der Waals surface area contributed by atoms with Crippen LogP contribution in [-0.2, 0) is 16.1 Å². The molecule has 1 amide bonds. The number of carbonyl (C=O) groups excluding carboxylic acids is 1. The van der Waals surface area contributed by atoms with Gasteiger partial charge in [0.05, 0.1) is 16.4 Å². The molecule has 0 saturated heterocycles. The van der Waals surface area contributed by atoms with Crippen LogP contribution in [0, 0.1) is 5.41 Å². The molecule has 1 heterocycles. The van der Waals surface area contributed by atoms with Gasteiger partial charge in [-0.1, -0.05) is 18.6 Å². The first-order valence-corrected chi connectivity index (χ1v) is 8.54. The quantitative estimate of drug-likeness (QED) is 0.852. The molecule has 2 saturated carbocycles. The minimum absolute atomic E-state index is 0.146. The van der Waals surface area contributed by atoms with E-state index in [1.54, 1.807) is 0 Å². The van der Waals surface area contributed by atoms with E-state index < -0.39 is 11.4 Å². The van der Waals surface area contributed by atoms with Gasteiger partial charge in [-0.05, 0) is 37.8 Å². The Morgan fingerprint density at radius 2 is 2.04 bits per heavy atom. The van der Waals surface area contributed by atoms with Crippen molar-refractivity contribution in [2.45, 2.75) is 44.6 Å². The van der Waals surface area contributed by atoms with Gasteiger partial charge >= 0.3 is 5.97 Å². The summed E-state index contributed by atoms with van der Waals surface area (Å²) in [6.45, 7) is 0.411. The van der Waals surface area contributed by atoms with E-state index in [1.165, 1.54) is 0 Å². The highest BCUT2D eigenvalue weighted by molar-refractivity contribution is 5.82. The highest BCUT2D eigenvalue weighted by atomic mass is 16.4. The van der Waals surface area contributed by atoms with E-state index in [2.05, 4.69) is 10.3 Å². The zero-order valence-electron chi connectivity index (χ0n) is 13.5. The molecule has 2 aliphatic rings. The molecule has 1 aromatic heterocycles. The molecule has 6 heteroatoms. The molecule has 2 aliphatic carbocycles. The van der Waals surface area contributed by atoms with Gasteiger partial charge in [-0.2, -0.15) is 0 Å².